The van der Waals surface area contributed by atoms with Crippen molar-refractivity contribution in [1.29, 1.82) is 0 Å². The quantitative estimate of drug-likeness (QED) is 0.607. The molecule has 0 spiro atoms. The first kappa shape index (κ1) is 7.98. The third-order valence-electron chi connectivity index (χ3n) is 1.80. The zero-order valence-corrected chi connectivity index (χ0v) is 6.59. The van der Waals surface area contributed by atoms with E-state index in [4.69, 9.17) is 9.47 Å². The Bertz CT molecular complexity index is 97.6. The Morgan fingerprint density at radius 1 is 1.60 bits per heavy atom. The number of ether oxygens (including phenoxy) is 2. The summed E-state index contributed by atoms with van der Waals surface area (Å²) in [5.74, 6) is 0. The average molecular weight is 145 g/mol. The number of nitrogens with one attached hydrogen (secondary N) is 1. The van der Waals surface area contributed by atoms with Crippen molar-refractivity contribution in [3.63, 3.8) is 0 Å². The summed E-state index contributed by atoms with van der Waals surface area (Å²) >= 11 is 0. The van der Waals surface area contributed by atoms with Gasteiger partial charge in [0.25, 0.3) is 0 Å². The lowest BCUT2D eigenvalue weighted by Crippen LogP contribution is -2.39. The van der Waals surface area contributed by atoms with E-state index in [1.807, 2.05) is 0 Å². The molecule has 0 aromatic carbocycles. The fourth-order valence-corrected chi connectivity index (χ4v) is 1.22. The zero-order chi connectivity index (χ0) is 7.40. The highest BCUT2D eigenvalue weighted by atomic mass is 16.5. The van der Waals surface area contributed by atoms with Crippen LogP contribution < -0.4 is 5.32 Å². The molecule has 0 unspecified atom stereocenters. The normalized spacial score (nSPS) is 33.0. The van der Waals surface area contributed by atoms with Crippen molar-refractivity contribution in [2.75, 3.05) is 26.9 Å². The van der Waals surface area contributed by atoms with Crippen LogP contribution in [0.3, 0.4) is 0 Å². The minimum Gasteiger partial charge on any atom is -0.377 e. The average Bonchev–Trinajstić information content (AvgIpc) is 2.36. The highest BCUT2D eigenvalue weighted by molar-refractivity contribution is 4.81. The van der Waals surface area contributed by atoms with E-state index in [9.17, 15) is 0 Å². The maximum Gasteiger partial charge on any atom is 0.0979 e. The largest absolute Gasteiger partial charge is 0.377 e. The van der Waals surface area contributed by atoms with Gasteiger partial charge in [-0.25, -0.2) is 0 Å². The molecule has 0 aromatic heterocycles. The van der Waals surface area contributed by atoms with Crippen LogP contribution in [0.1, 0.15) is 6.92 Å². The summed E-state index contributed by atoms with van der Waals surface area (Å²) in [6.07, 6.45) is 0.250. The van der Waals surface area contributed by atoms with Gasteiger partial charge in [-0.2, -0.15) is 0 Å². The first-order chi connectivity index (χ1) is 4.88. The maximum absolute atomic E-state index is 5.23. The van der Waals surface area contributed by atoms with Crippen LogP contribution in [-0.4, -0.2) is 39.0 Å². The molecular formula is C7H15NO2. The topological polar surface area (TPSA) is 30.5 Å². The first-order valence-electron chi connectivity index (χ1n) is 3.72. The zero-order valence-electron chi connectivity index (χ0n) is 6.59. The molecule has 0 aliphatic carbocycles. The van der Waals surface area contributed by atoms with Crippen LogP contribution in [0.5, 0.6) is 0 Å². The molecule has 0 saturated carbocycles. The van der Waals surface area contributed by atoms with E-state index in [1.165, 1.54) is 0 Å². The monoisotopic (exact) mass is 145 g/mol. The summed E-state index contributed by atoms with van der Waals surface area (Å²) < 4.78 is 10.4. The van der Waals surface area contributed by atoms with Gasteiger partial charge in [0.1, 0.15) is 0 Å². The molecule has 0 amide bonds. The van der Waals surface area contributed by atoms with Crippen LogP contribution in [0.25, 0.3) is 0 Å². The molecule has 60 valence electrons. The van der Waals surface area contributed by atoms with Gasteiger partial charge in [0, 0.05) is 7.11 Å². The summed E-state index contributed by atoms with van der Waals surface area (Å²) in [7, 11) is 1.73. The second-order valence-corrected chi connectivity index (χ2v) is 2.48. The maximum atomic E-state index is 5.23. The summed E-state index contributed by atoms with van der Waals surface area (Å²) in [5.41, 5.74) is 0. The smallest absolute Gasteiger partial charge is 0.0979 e. The highest BCUT2D eigenvalue weighted by Crippen LogP contribution is 2.07. The van der Waals surface area contributed by atoms with E-state index >= 15 is 0 Å². The van der Waals surface area contributed by atoms with Gasteiger partial charge in [0.05, 0.1) is 25.4 Å². The molecule has 0 bridgehead atoms. The lowest BCUT2D eigenvalue weighted by Gasteiger charge is -2.15. The molecule has 0 radical (unpaired) electrons. The number of hydrogen-bond acceptors (Lipinski definition) is 3. The van der Waals surface area contributed by atoms with Gasteiger partial charge >= 0.3 is 0 Å². The lowest BCUT2D eigenvalue weighted by molar-refractivity contribution is 0.0737. The molecule has 2 atom stereocenters. The highest BCUT2D eigenvalue weighted by Gasteiger charge is 2.26. The molecule has 1 aliphatic heterocycles. The second-order valence-electron chi connectivity index (χ2n) is 2.48. The molecule has 1 aliphatic rings. The summed E-state index contributed by atoms with van der Waals surface area (Å²) in [6.45, 7) is 4.58. The van der Waals surface area contributed by atoms with Crippen LogP contribution >= 0.6 is 0 Å². The third kappa shape index (κ3) is 1.68. The van der Waals surface area contributed by atoms with E-state index < -0.39 is 0 Å². The molecule has 10 heavy (non-hydrogen) atoms. The molecule has 1 fully saturated rings. The van der Waals surface area contributed by atoms with Crippen LogP contribution in [0.15, 0.2) is 0 Å². The van der Waals surface area contributed by atoms with Crippen LogP contribution in [-0.2, 0) is 9.47 Å². The summed E-state index contributed by atoms with van der Waals surface area (Å²) in [5, 5.41) is 3.30. The van der Waals surface area contributed by atoms with Crippen molar-refractivity contribution in [2.45, 2.75) is 19.1 Å². The molecule has 3 nitrogen and oxygen atoms in total. The van der Waals surface area contributed by atoms with Gasteiger partial charge in [-0.05, 0) is 6.54 Å². The standard InChI is InChI=1S/C7H15NO2/c1-3-8-6-4-10-5-7(6)9-2/h6-8H,3-5H2,1-2H3/t6-,7-/m1/s1. The predicted octanol–water partition coefficient (Wildman–Crippen LogP) is 0.00970. The summed E-state index contributed by atoms with van der Waals surface area (Å²) in [6, 6.07) is 0.398. The molecule has 1 rings (SSSR count). The van der Waals surface area contributed by atoms with Crippen molar-refractivity contribution >= 4 is 0 Å². The van der Waals surface area contributed by atoms with Crippen molar-refractivity contribution < 1.29 is 9.47 Å². The minimum atomic E-state index is 0.250. The van der Waals surface area contributed by atoms with Crippen molar-refractivity contribution in [1.82, 2.24) is 5.32 Å². The van der Waals surface area contributed by atoms with Gasteiger partial charge < -0.3 is 14.8 Å². The van der Waals surface area contributed by atoms with Crippen molar-refractivity contribution in [2.24, 2.45) is 0 Å². The van der Waals surface area contributed by atoms with Gasteiger partial charge in [-0.3, -0.25) is 0 Å². The fourth-order valence-electron chi connectivity index (χ4n) is 1.22. The van der Waals surface area contributed by atoms with Crippen molar-refractivity contribution in [3.05, 3.63) is 0 Å². The number of hydrogen-bond donors (Lipinski definition) is 1. The number of likely N-dealkylation sites (N-methyl/N-ethyl adjacent to an activating group) is 1. The number of rotatable bonds is 3. The van der Waals surface area contributed by atoms with Gasteiger partial charge in [0.15, 0.2) is 0 Å². The predicted molar refractivity (Wildman–Crippen MR) is 39.1 cm³/mol. The van der Waals surface area contributed by atoms with Crippen LogP contribution in [0.4, 0.5) is 0 Å². The molecule has 1 N–H and O–H groups in total. The van der Waals surface area contributed by atoms with E-state index in [2.05, 4.69) is 12.2 Å². The Balaban J connectivity index is 2.27. The van der Waals surface area contributed by atoms with E-state index in [1.54, 1.807) is 7.11 Å². The molecule has 1 heterocycles. The Labute approximate surface area is 61.7 Å². The third-order valence-corrected chi connectivity index (χ3v) is 1.80. The first-order valence-corrected chi connectivity index (χ1v) is 3.72. The van der Waals surface area contributed by atoms with Crippen LogP contribution in [0, 0.1) is 0 Å². The molecule has 0 aromatic rings. The molecule has 1 saturated heterocycles. The van der Waals surface area contributed by atoms with E-state index in [-0.39, 0.29) is 6.10 Å². The Morgan fingerprint density at radius 3 is 3.00 bits per heavy atom. The minimum absolute atomic E-state index is 0.250. The Morgan fingerprint density at radius 2 is 2.40 bits per heavy atom. The van der Waals surface area contributed by atoms with Crippen molar-refractivity contribution in [3.8, 4) is 0 Å². The SMILES string of the molecule is CCN[C@@H]1COC[C@H]1OC. The van der Waals surface area contributed by atoms with E-state index in [0.29, 0.717) is 6.04 Å². The van der Waals surface area contributed by atoms with Gasteiger partial charge in [-0.15, -0.1) is 0 Å². The van der Waals surface area contributed by atoms with Gasteiger partial charge in [0.2, 0.25) is 0 Å². The second kappa shape index (κ2) is 3.91. The van der Waals surface area contributed by atoms with E-state index in [0.717, 1.165) is 19.8 Å². The van der Waals surface area contributed by atoms with Gasteiger partial charge in [-0.1, -0.05) is 6.92 Å². The Hall–Kier alpha value is -0.120. The Kier molecular flexibility index (Phi) is 3.12. The molecular weight excluding hydrogens is 130 g/mol. The molecule has 3 heteroatoms. The summed E-state index contributed by atoms with van der Waals surface area (Å²) in [4.78, 5) is 0. The van der Waals surface area contributed by atoms with Crippen LogP contribution in [0.2, 0.25) is 0 Å². The lowest BCUT2D eigenvalue weighted by atomic mass is 10.2. The number of methoxy groups -OCH3 is 1. The fraction of sp³-hybridized carbons (Fsp3) is 1.00.